The Bertz CT molecular complexity index is 1790. The summed E-state index contributed by atoms with van der Waals surface area (Å²) in [5, 5.41) is 11.5. The minimum Gasteiger partial charge on any atom is -0.383 e. The second-order valence-electron chi connectivity index (χ2n) is 9.45. The molecule has 0 unspecified atom stereocenters. The van der Waals surface area contributed by atoms with E-state index < -0.39 is 12.2 Å². The van der Waals surface area contributed by atoms with Gasteiger partial charge in [-0.3, -0.25) is 19.3 Å². The fourth-order valence-electron chi connectivity index (χ4n) is 4.55. The Hall–Kier alpha value is -4.94. The minimum absolute atomic E-state index is 0.0436. The number of benzene rings is 2. The van der Waals surface area contributed by atoms with Crippen LogP contribution in [0.4, 0.5) is 19.0 Å². The number of hydrogen-bond acceptors (Lipinski definition) is 6. The van der Waals surface area contributed by atoms with Crippen molar-refractivity contribution in [2.45, 2.75) is 26.7 Å². The fraction of sp³-hybridized carbons (Fsp3) is 0.222. The third-order valence-electron chi connectivity index (χ3n) is 6.84. The summed E-state index contributed by atoms with van der Waals surface area (Å²) in [6.45, 7) is 3.18. The molecule has 0 aliphatic carbocycles. The number of aromatic nitrogens is 5. The first-order chi connectivity index (χ1) is 18.8. The number of carbonyl (C=O) groups excluding carboxylic acids is 2. The molecular formula is C27H25F3N8O2. The van der Waals surface area contributed by atoms with Crippen molar-refractivity contribution in [3.05, 3.63) is 71.7 Å². The van der Waals surface area contributed by atoms with Crippen LogP contribution in [0.3, 0.4) is 0 Å². The van der Waals surface area contributed by atoms with Crippen LogP contribution in [0.5, 0.6) is 0 Å². The van der Waals surface area contributed by atoms with E-state index in [1.54, 1.807) is 61.2 Å². The quantitative estimate of drug-likeness (QED) is 0.332. The van der Waals surface area contributed by atoms with Crippen molar-refractivity contribution in [1.29, 1.82) is 0 Å². The van der Waals surface area contributed by atoms with Crippen LogP contribution in [0.15, 0.2) is 55.0 Å². The highest BCUT2D eigenvalue weighted by atomic mass is 19.4. The summed E-state index contributed by atoms with van der Waals surface area (Å²) in [7, 11) is 3.27. The molecule has 5 rings (SSSR count). The molecule has 2 amide bonds. The lowest BCUT2D eigenvalue weighted by Gasteiger charge is -2.32. The molecule has 0 saturated carbocycles. The average Bonchev–Trinajstić information content (AvgIpc) is 3.55. The van der Waals surface area contributed by atoms with Gasteiger partial charge in [0, 0.05) is 43.7 Å². The maximum absolute atomic E-state index is 13.8. The number of nitrogens with zero attached hydrogens (tertiary/aromatic N) is 7. The molecule has 0 saturated heterocycles. The number of carbonyl (C=O) groups is 2. The molecule has 3 heterocycles. The van der Waals surface area contributed by atoms with Crippen LogP contribution < -0.4 is 5.73 Å². The zero-order valence-corrected chi connectivity index (χ0v) is 22.1. The molecule has 40 heavy (non-hydrogen) atoms. The van der Waals surface area contributed by atoms with Gasteiger partial charge in [-0.1, -0.05) is 18.2 Å². The van der Waals surface area contributed by atoms with E-state index in [9.17, 15) is 22.8 Å². The highest BCUT2D eigenvalue weighted by molar-refractivity contribution is 6.10. The van der Waals surface area contributed by atoms with Gasteiger partial charge in [0.1, 0.15) is 5.82 Å². The molecule has 13 heteroatoms. The Morgan fingerprint density at radius 2 is 1.77 bits per heavy atom. The second kappa shape index (κ2) is 9.67. The zero-order valence-electron chi connectivity index (χ0n) is 22.1. The molecule has 0 spiro atoms. The van der Waals surface area contributed by atoms with Crippen molar-refractivity contribution in [3.8, 4) is 11.1 Å². The van der Waals surface area contributed by atoms with Crippen molar-refractivity contribution in [3.63, 3.8) is 0 Å². The molecule has 2 aromatic carbocycles. The smallest absolute Gasteiger partial charge is 0.383 e. The number of nitrogen functional groups attached to an aromatic ring is 1. The van der Waals surface area contributed by atoms with Crippen molar-refractivity contribution < 1.29 is 22.8 Å². The van der Waals surface area contributed by atoms with Gasteiger partial charge >= 0.3 is 6.30 Å². The lowest BCUT2D eigenvalue weighted by atomic mass is 10.0. The highest BCUT2D eigenvalue weighted by Crippen LogP contribution is 2.30. The molecule has 5 aromatic rings. The lowest BCUT2D eigenvalue weighted by Crippen LogP contribution is -2.46. The van der Waals surface area contributed by atoms with Gasteiger partial charge in [0.2, 0.25) is 5.91 Å². The maximum atomic E-state index is 13.8. The second-order valence-corrected chi connectivity index (χ2v) is 9.45. The number of pyridine rings is 1. The maximum Gasteiger partial charge on any atom is 0.504 e. The molecule has 0 atom stereocenters. The minimum atomic E-state index is -4.61. The van der Waals surface area contributed by atoms with Crippen molar-refractivity contribution >= 4 is 39.4 Å². The number of aryl methyl sites for hydroxylation is 2. The van der Waals surface area contributed by atoms with E-state index in [0.29, 0.717) is 44.4 Å². The summed E-state index contributed by atoms with van der Waals surface area (Å²) in [6, 6.07) is 10.1. The zero-order chi connectivity index (χ0) is 28.9. The third kappa shape index (κ3) is 4.70. The molecule has 206 valence electrons. The number of nitrogens with two attached hydrogens (primary N) is 1. The van der Waals surface area contributed by atoms with Gasteiger partial charge in [0.25, 0.3) is 5.91 Å². The first-order valence-electron chi connectivity index (χ1n) is 12.1. The predicted octanol–water partition coefficient (Wildman–Crippen LogP) is 4.39. The normalized spacial score (nSPS) is 11.8. The summed E-state index contributed by atoms with van der Waals surface area (Å²) in [6.07, 6.45) is -0.945. The number of hydrazine groups is 1. The Balaban J connectivity index is 1.50. The molecule has 2 N–H and O–H groups in total. The van der Waals surface area contributed by atoms with Crippen LogP contribution in [-0.2, 0) is 24.7 Å². The topological polar surface area (TPSA) is 115 Å². The molecule has 0 bridgehead atoms. The van der Waals surface area contributed by atoms with Crippen LogP contribution in [0, 0.1) is 6.92 Å². The molecular weight excluding hydrogens is 525 g/mol. The van der Waals surface area contributed by atoms with E-state index in [1.807, 2.05) is 0 Å². The Kier molecular flexibility index (Phi) is 6.44. The van der Waals surface area contributed by atoms with Gasteiger partial charge in [-0.15, -0.1) is 13.2 Å². The number of fused-ring (bicyclic) bond motifs is 3. The van der Waals surface area contributed by atoms with E-state index in [2.05, 4.69) is 15.2 Å². The monoisotopic (exact) mass is 550 g/mol. The van der Waals surface area contributed by atoms with E-state index in [4.69, 9.17) is 5.73 Å². The molecule has 0 fully saturated rings. The van der Waals surface area contributed by atoms with Gasteiger partial charge < -0.3 is 5.73 Å². The average molecular weight is 551 g/mol. The Labute approximate surface area is 226 Å². The van der Waals surface area contributed by atoms with Gasteiger partial charge in [-0.2, -0.15) is 14.9 Å². The van der Waals surface area contributed by atoms with Crippen LogP contribution in [0.2, 0.25) is 0 Å². The number of amides is 2. The fourth-order valence-corrected chi connectivity index (χ4v) is 4.55. The first kappa shape index (κ1) is 26.7. The van der Waals surface area contributed by atoms with E-state index in [0.717, 1.165) is 23.5 Å². The predicted molar refractivity (Wildman–Crippen MR) is 142 cm³/mol. The van der Waals surface area contributed by atoms with Crippen LogP contribution >= 0.6 is 0 Å². The molecule has 0 aliphatic heterocycles. The van der Waals surface area contributed by atoms with Crippen molar-refractivity contribution in [2.75, 3.05) is 12.8 Å². The summed E-state index contributed by atoms with van der Waals surface area (Å²) >= 11 is 0. The van der Waals surface area contributed by atoms with Crippen molar-refractivity contribution in [1.82, 2.24) is 34.6 Å². The summed E-state index contributed by atoms with van der Waals surface area (Å²) in [5.74, 6) is -0.453. The molecule has 0 aliphatic rings. The number of hydrogen-bond donors (Lipinski definition) is 1. The Morgan fingerprint density at radius 3 is 2.42 bits per heavy atom. The first-order valence-corrected chi connectivity index (χ1v) is 12.1. The lowest BCUT2D eigenvalue weighted by molar-refractivity contribution is -0.212. The van der Waals surface area contributed by atoms with Crippen LogP contribution in [-0.4, -0.2) is 53.4 Å². The summed E-state index contributed by atoms with van der Waals surface area (Å²) in [5.41, 5.74) is 9.99. The Morgan fingerprint density at radius 1 is 1.02 bits per heavy atom. The number of halogens is 3. The standard InChI is InChI=1S/C27H25F3N8O2/c1-15-9-17(20-11-33-38(14-20)27(28,29)30)5-6-19(15)13-37(36(4)16(2)39)26(40)18-7-8-23-21(10-18)24-22(25(31)34-23)12-32-35(24)3/h5-12,14H,13H2,1-4H3,(H2,31,34). The summed E-state index contributed by atoms with van der Waals surface area (Å²) in [4.78, 5) is 30.6. The molecule has 10 nitrogen and oxygen atoms in total. The van der Waals surface area contributed by atoms with Gasteiger partial charge in [0.15, 0.2) is 0 Å². The third-order valence-corrected chi connectivity index (χ3v) is 6.84. The van der Waals surface area contributed by atoms with Crippen LogP contribution in [0.25, 0.3) is 32.9 Å². The van der Waals surface area contributed by atoms with Gasteiger partial charge in [-0.25, -0.2) is 9.99 Å². The van der Waals surface area contributed by atoms with E-state index >= 15 is 0 Å². The van der Waals surface area contributed by atoms with Gasteiger partial charge in [-0.05, 0) is 41.8 Å². The highest BCUT2D eigenvalue weighted by Gasteiger charge is 2.31. The number of alkyl halides is 3. The summed E-state index contributed by atoms with van der Waals surface area (Å²) < 4.78 is 40.5. The van der Waals surface area contributed by atoms with E-state index in [-0.39, 0.29) is 17.1 Å². The SMILES string of the molecule is CC(=O)N(C)N(Cc1ccc(-c2cnn(C(F)(F)F)c2)cc1C)C(=O)c1ccc2nc(N)c3cnn(C)c3c2c1. The van der Waals surface area contributed by atoms with Crippen LogP contribution in [0.1, 0.15) is 28.4 Å². The van der Waals surface area contributed by atoms with E-state index in [1.165, 1.54) is 24.0 Å². The largest absolute Gasteiger partial charge is 0.504 e. The number of anilines is 1. The van der Waals surface area contributed by atoms with Crippen molar-refractivity contribution in [2.24, 2.45) is 7.05 Å². The molecule has 0 radical (unpaired) electrons. The van der Waals surface area contributed by atoms with Gasteiger partial charge in [0.05, 0.1) is 35.4 Å². The molecule has 3 aromatic heterocycles. The number of rotatable bonds is 4.